The van der Waals surface area contributed by atoms with E-state index in [0.29, 0.717) is 38.2 Å². The van der Waals surface area contributed by atoms with Gasteiger partial charge in [-0.15, -0.1) is 0 Å². The van der Waals surface area contributed by atoms with E-state index in [0.717, 1.165) is 10.0 Å². The van der Waals surface area contributed by atoms with Gasteiger partial charge < -0.3 is 10.6 Å². The highest BCUT2D eigenvalue weighted by atomic mass is 79.9. The molecule has 4 nitrogen and oxygen atoms in total. The highest BCUT2D eigenvalue weighted by molar-refractivity contribution is 9.10. The van der Waals surface area contributed by atoms with Crippen LogP contribution in [0.5, 0.6) is 0 Å². The molecule has 0 bridgehead atoms. The van der Waals surface area contributed by atoms with Crippen molar-refractivity contribution in [2.45, 2.75) is 6.54 Å². The Morgan fingerprint density at radius 1 is 1.00 bits per heavy atom. The van der Waals surface area contributed by atoms with Gasteiger partial charge in [0.2, 0.25) is 0 Å². The first-order valence-corrected chi connectivity index (χ1v) is 9.74. The van der Waals surface area contributed by atoms with Crippen LogP contribution in [0.15, 0.2) is 53.1 Å². The molecule has 0 spiro atoms. The third-order valence-electron chi connectivity index (χ3n) is 3.33. The minimum absolute atomic E-state index is 0.376. The van der Waals surface area contributed by atoms with Gasteiger partial charge in [0.1, 0.15) is 0 Å². The Labute approximate surface area is 179 Å². The van der Waals surface area contributed by atoms with Crippen molar-refractivity contribution < 1.29 is 0 Å². The van der Waals surface area contributed by atoms with Crippen molar-refractivity contribution in [3.63, 3.8) is 0 Å². The van der Waals surface area contributed by atoms with Gasteiger partial charge in [-0.05, 0) is 64.0 Å². The summed E-state index contributed by atoms with van der Waals surface area (Å²) in [4.78, 5) is 0. The predicted molar refractivity (Wildman–Crippen MR) is 117 cm³/mol. The van der Waals surface area contributed by atoms with Crippen molar-refractivity contribution in [1.29, 1.82) is 0 Å². The van der Waals surface area contributed by atoms with Crippen molar-refractivity contribution in [2.75, 3.05) is 10.6 Å². The van der Waals surface area contributed by atoms with Crippen LogP contribution >= 0.6 is 63.0 Å². The summed E-state index contributed by atoms with van der Waals surface area (Å²) in [5.41, 5.74) is 1.78. The van der Waals surface area contributed by atoms with Gasteiger partial charge in [0.25, 0.3) is 0 Å². The minimum Gasteiger partial charge on any atom is -0.332 e. The molecular formula is C17H12BrCl3N4S. The lowest BCUT2D eigenvalue weighted by Gasteiger charge is -2.10. The van der Waals surface area contributed by atoms with Crippen LogP contribution in [0.3, 0.4) is 0 Å². The molecule has 0 fully saturated rings. The molecule has 2 N–H and O–H groups in total. The molecule has 1 aromatic heterocycles. The van der Waals surface area contributed by atoms with Crippen molar-refractivity contribution in [3.05, 3.63) is 73.8 Å². The number of aromatic nitrogens is 2. The number of hydrogen-bond acceptors (Lipinski definition) is 2. The first kappa shape index (κ1) is 19.5. The predicted octanol–water partition coefficient (Wildman–Crippen LogP) is 6.46. The van der Waals surface area contributed by atoms with E-state index < -0.39 is 0 Å². The Bertz CT molecular complexity index is 923. The number of nitrogens with one attached hydrogen (secondary N) is 2. The Morgan fingerprint density at radius 3 is 2.31 bits per heavy atom. The molecule has 3 aromatic rings. The summed E-state index contributed by atoms with van der Waals surface area (Å²) < 4.78 is 2.59. The van der Waals surface area contributed by atoms with E-state index >= 15 is 0 Å². The fourth-order valence-electron chi connectivity index (χ4n) is 2.24. The largest absolute Gasteiger partial charge is 0.332 e. The first-order chi connectivity index (χ1) is 12.4. The third-order valence-corrected chi connectivity index (χ3v) is 4.80. The number of rotatable bonds is 4. The molecular weight excluding hydrogens is 479 g/mol. The highest BCUT2D eigenvalue weighted by Crippen LogP contribution is 2.24. The molecule has 0 amide bonds. The van der Waals surface area contributed by atoms with Gasteiger partial charge in [-0.25, -0.2) is 0 Å². The van der Waals surface area contributed by atoms with Crippen LogP contribution in [0.2, 0.25) is 15.1 Å². The molecule has 0 unspecified atom stereocenters. The second-order valence-corrected chi connectivity index (χ2v) is 7.96. The van der Waals surface area contributed by atoms with Gasteiger partial charge >= 0.3 is 0 Å². The summed E-state index contributed by atoms with van der Waals surface area (Å²) in [6.07, 6.45) is 1.87. The molecule has 2 aromatic carbocycles. The number of benzene rings is 2. The number of thiocarbonyl (C=S) groups is 1. The topological polar surface area (TPSA) is 41.9 Å². The van der Waals surface area contributed by atoms with E-state index in [9.17, 15) is 0 Å². The normalized spacial score (nSPS) is 10.6. The van der Waals surface area contributed by atoms with Gasteiger partial charge in [0.15, 0.2) is 10.9 Å². The molecule has 0 saturated carbocycles. The second kappa shape index (κ2) is 8.59. The zero-order chi connectivity index (χ0) is 18.7. The second-order valence-electron chi connectivity index (χ2n) is 5.39. The zero-order valence-electron chi connectivity index (χ0n) is 13.1. The van der Waals surface area contributed by atoms with E-state index in [1.807, 2.05) is 30.5 Å². The highest BCUT2D eigenvalue weighted by Gasteiger charge is 2.09. The number of halogens is 4. The Kier molecular flexibility index (Phi) is 6.42. The summed E-state index contributed by atoms with van der Waals surface area (Å²) in [7, 11) is 0. The van der Waals surface area contributed by atoms with E-state index in [4.69, 9.17) is 47.0 Å². The van der Waals surface area contributed by atoms with Crippen LogP contribution < -0.4 is 10.6 Å². The number of hydrogen-bond donors (Lipinski definition) is 2. The molecule has 3 rings (SSSR count). The van der Waals surface area contributed by atoms with Crippen LogP contribution in [0.4, 0.5) is 11.5 Å². The van der Waals surface area contributed by atoms with Crippen molar-refractivity contribution in [3.8, 4) is 0 Å². The number of anilines is 2. The summed E-state index contributed by atoms with van der Waals surface area (Å²) in [6, 6.07) is 12.7. The Balaban J connectivity index is 1.66. The van der Waals surface area contributed by atoms with Crippen molar-refractivity contribution in [1.82, 2.24) is 9.78 Å². The van der Waals surface area contributed by atoms with E-state index in [1.54, 1.807) is 22.9 Å². The fraction of sp³-hybridized carbons (Fsp3) is 0.0588. The van der Waals surface area contributed by atoms with Crippen molar-refractivity contribution >= 4 is 79.6 Å². The van der Waals surface area contributed by atoms with Crippen LogP contribution in [-0.2, 0) is 6.54 Å². The summed E-state index contributed by atoms with van der Waals surface area (Å²) in [5.74, 6) is 0.601. The third kappa shape index (κ3) is 5.34. The molecule has 0 saturated heterocycles. The van der Waals surface area contributed by atoms with Gasteiger partial charge in [-0.2, -0.15) is 5.10 Å². The molecule has 134 valence electrons. The smallest absolute Gasteiger partial charge is 0.176 e. The average Bonchev–Trinajstić information content (AvgIpc) is 2.88. The Hall–Kier alpha value is -1.31. The molecule has 0 aliphatic rings. The first-order valence-electron chi connectivity index (χ1n) is 7.40. The standard InChI is InChI=1S/C17H12BrCl3N4S/c18-15-9-25(8-10-1-3-11(19)4-2-10)24-16(15)23-17(26)22-14-6-12(20)5-13(21)7-14/h1-7,9H,8H2,(H2,22,23,24,26). The molecule has 0 atom stereocenters. The quantitative estimate of drug-likeness (QED) is 0.412. The molecule has 26 heavy (non-hydrogen) atoms. The fourth-order valence-corrected chi connectivity index (χ4v) is 3.52. The summed E-state index contributed by atoms with van der Waals surface area (Å²) >= 11 is 26.7. The Morgan fingerprint density at radius 2 is 1.65 bits per heavy atom. The molecule has 0 aliphatic carbocycles. The van der Waals surface area contributed by atoms with Crippen LogP contribution in [-0.4, -0.2) is 14.9 Å². The van der Waals surface area contributed by atoms with E-state index in [1.165, 1.54) is 0 Å². The SMILES string of the molecule is S=C(Nc1cc(Cl)cc(Cl)c1)Nc1nn(Cc2ccc(Cl)cc2)cc1Br. The van der Waals surface area contributed by atoms with Crippen LogP contribution in [0, 0.1) is 0 Å². The van der Waals surface area contributed by atoms with Gasteiger partial charge in [0.05, 0.1) is 11.0 Å². The lowest BCUT2D eigenvalue weighted by Crippen LogP contribution is -2.19. The maximum atomic E-state index is 5.99. The van der Waals surface area contributed by atoms with Gasteiger partial charge in [0, 0.05) is 27.0 Å². The molecule has 0 aliphatic heterocycles. The monoisotopic (exact) mass is 488 g/mol. The summed E-state index contributed by atoms with van der Waals surface area (Å²) in [5, 5.41) is 12.7. The average molecular weight is 491 g/mol. The van der Waals surface area contributed by atoms with Gasteiger partial charge in [-0.1, -0.05) is 46.9 Å². The van der Waals surface area contributed by atoms with Crippen LogP contribution in [0.1, 0.15) is 5.56 Å². The maximum Gasteiger partial charge on any atom is 0.176 e. The lowest BCUT2D eigenvalue weighted by molar-refractivity contribution is 0.689. The lowest BCUT2D eigenvalue weighted by atomic mass is 10.2. The van der Waals surface area contributed by atoms with Gasteiger partial charge in [-0.3, -0.25) is 4.68 Å². The maximum absolute atomic E-state index is 5.99. The molecule has 1 heterocycles. The molecule has 0 radical (unpaired) electrons. The molecule has 9 heteroatoms. The number of nitrogens with zero attached hydrogens (tertiary/aromatic N) is 2. The van der Waals surface area contributed by atoms with Crippen molar-refractivity contribution in [2.24, 2.45) is 0 Å². The summed E-state index contributed by atoms with van der Waals surface area (Å²) in [6.45, 7) is 0.613. The zero-order valence-corrected chi connectivity index (χ0v) is 17.8. The van der Waals surface area contributed by atoms with E-state index in [-0.39, 0.29) is 0 Å². The minimum atomic E-state index is 0.376. The van der Waals surface area contributed by atoms with Crippen LogP contribution in [0.25, 0.3) is 0 Å². The van der Waals surface area contributed by atoms with E-state index in [2.05, 4.69) is 31.7 Å².